The molecule has 3 rings (SSSR count). The molecule has 0 aromatic carbocycles. The van der Waals surface area contributed by atoms with Gasteiger partial charge in [0.1, 0.15) is 11.7 Å². The second-order valence-corrected chi connectivity index (χ2v) is 7.89. The molecular formula is C20H29N3O3. The van der Waals surface area contributed by atoms with Crippen LogP contribution in [0, 0.1) is 11.8 Å². The average molecular weight is 359 g/mol. The fourth-order valence-electron chi connectivity index (χ4n) is 2.99. The molecule has 2 saturated carbocycles. The molecule has 142 valence electrons. The van der Waals surface area contributed by atoms with Crippen molar-refractivity contribution in [1.29, 1.82) is 0 Å². The second-order valence-electron chi connectivity index (χ2n) is 7.89. The number of nitrogens with one attached hydrogen (secondary N) is 2. The second kappa shape index (κ2) is 8.06. The van der Waals surface area contributed by atoms with E-state index in [1.54, 1.807) is 13.1 Å². The van der Waals surface area contributed by atoms with Crippen LogP contribution in [0.3, 0.4) is 0 Å². The number of ether oxygens (including phenoxy) is 1. The van der Waals surface area contributed by atoms with Gasteiger partial charge in [-0.25, -0.2) is 4.98 Å². The summed E-state index contributed by atoms with van der Waals surface area (Å²) >= 11 is 0. The summed E-state index contributed by atoms with van der Waals surface area (Å²) in [7, 11) is 1.58. The fraction of sp³-hybridized carbons (Fsp3) is 0.650. The highest BCUT2D eigenvalue weighted by molar-refractivity contribution is 5.96. The van der Waals surface area contributed by atoms with Crippen molar-refractivity contribution < 1.29 is 14.3 Å². The Morgan fingerprint density at radius 2 is 1.96 bits per heavy atom. The number of carbonyl (C=O) groups excluding carboxylic acids is 2. The van der Waals surface area contributed by atoms with E-state index in [0.29, 0.717) is 42.4 Å². The van der Waals surface area contributed by atoms with Crippen LogP contribution < -0.4 is 15.4 Å². The van der Waals surface area contributed by atoms with Gasteiger partial charge >= 0.3 is 0 Å². The van der Waals surface area contributed by atoms with Gasteiger partial charge in [-0.05, 0) is 55.9 Å². The van der Waals surface area contributed by atoms with Crippen LogP contribution in [0.2, 0.25) is 0 Å². The number of amides is 2. The molecule has 6 nitrogen and oxygen atoms in total. The molecule has 1 aromatic heterocycles. The lowest BCUT2D eigenvalue weighted by atomic mass is 10.0. The maximum Gasteiger partial charge on any atom is 0.270 e. The van der Waals surface area contributed by atoms with Gasteiger partial charge in [0.2, 0.25) is 11.8 Å². The van der Waals surface area contributed by atoms with E-state index in [2.05, 4.69) is 15.6 Å². The van der Waals surface area contributed by atoms with Gasteiger partial charge in [-0.3, -0.25) is 9.59 Å². The zero-order valence-corrected chi connectivity index (χ0v) is 15.9. The van der Waals surface area contributed by atoms with Crippen molar-refractivity contribution >= 4 is 11.8 Å². The van der Waals surface area contributed by atoms with Crippen molar-refractivity contribution in [2.75, 3.05) is 13.7 Å². The van der Waals surface area contributed by atoms with E-state index >= 15 is 0 Å². The summed E-state index contributed by atoms with van der Waals surface area (Å²) in [6.45, 7) is 4.72. The van der Waals surface area contributed by atoms with Crippen LogP contribution in [-0.4, -0.2) is 36.5 Å². The summed E-state index contributed by atoms with van der Waals surface area (Å²) in [6.07, 6.45) is 5.31. The highest BCUT2D eigenvalue weighted by Crippen LogP contribution is 2.44. The minimum absolute atomic E-state index is 0.188. The Bertz CT molecular complexity index is 666. The van der Waals surface area contributed by atoms with E-state index in [9.17, 15) is 9.59 Å². The SMILES string of the molecule is CNC(=O)[C@H](CC(C)C)NC(=O)c1ccc(C2CC2)c(OCC2CC2)n1. The number of nitrogens with zero attached hydrogens (tertiary/aromatic N) is 1. The van der Waals surface area contributed by atoms with Crippen LogP contribution in [0.5, 0.6) is 5.88 Å². The Morgan fingerprint density at radius 3 is 2.54 bits per heavy atom. The topological polar surface area (TPSA) is 80.3 Å². The van der Waals surface area contributed by atoms with Crippen molar-refractivity contribution in [3.05, 3.63) is 23.4 Å². The smallest absolute Gasteiger partial charge is 0.270 e. The molecule has 2 aliphatic carbocycles. The van der Waals surface area contributed by atoms with E-state index in [0.717, 1.165) is 18.4 Å². The van der Waals surface area contributed by atoms with E-state index in [1.807, 2.05) is 19.9 Å². The number of likely N-dealkylation sites (N-methyl/N-ethyl adjacent to an activating group) is 1. The van der Waals surface area contributed by atoms with Gasteiger partial charge in [0.15, 0.2) is 0 Å². The Kier molecular flexibility index (Phi) is 5.79. The lowest BCUT2D eigenvalue weighted by Gasteiger charge is -2.19. The molecule has 2 fully saturated rings. The standard InChI is InChI=1S/C20H29N3O3/c1-12(2)10-17(18(24)21-3)22-19(25)16-9-8-15(14-6-7-14)20(23-16)26-11-13-4-5-13/h8-9,12-14,17H,4-7,10-11H2,1-3H3,(H,21,24)(H,22,25)/t17-/m0/s1. The summed E-state index contributed by atoms with van der Waals surface area (Å²) in [4.78, 5) is 29.2. The van der Waals surface area contributed by atoms with Gasteiger partial charge in [0.25, 0.3) is 5.91 Å². The van der Waals surface area contributed by atoms with Crippen LogP contribution >= 0.6 is 0 Å². The van der Waals surface area contributed by atoms with E-state index in [1.165, 1.54) is 12.8 Å². The normalized spacial score (nSPS) is 17.7. The third kappa shape index (κ3) is 4.96. The number of pyridine rings is 1. The molecule has 1 heterocycles. The Morgan fingerprint density at radius 1 is 1.23 bits per heavy atom. The van der Waals surface area contributed by atoms with Gasteiger partial charge < -0.3 is 15.4 Å². The molecule has 2 aliphatic rings. The lowest BCUT2D eigenvalue weighted by Crippen LogP contribution is -2.46. The highest BCUT2D eigenvalue weighted by Gasteiger charge is 2.30. The molecule has 0 aliphatic heterocycles. The average Bonchev–Trinajstić information content (AvgIpc) is 3.51. The number of hydrogen-bond donors (Lipinski definition) is 2. The molecule has 26 heavy (non-hydrogen) atoms. The van der Waals surface area contributed by atoms with Crippen molar-refractivity contribution in [2.45, 2.75) is 57.9 Å². The van der Waals surface area contributed by atoms with Gasteiger partial charge in [-0.15, -0.1) is 0 Å². The first-order chi connectivity index (χ1) is 12.5. The fourth-order valence-corrected chi connectivity index (χ4v) is 2.99. The lowest BCUT2D eigenvalue weighted by molar-refractivity contribution is -0.122. The number of rotatable bonds is 9. The minimum atomic E-state index is -0.562. The molecule has 6 heteroatoms. The van der Waals surface area contributed by atoms with E-state index in [-0.39, 0.29) is 11.8 Å². The van der Waals surface area contributed by atoms with Crippen molar-refractivity contribution in [2.24, 2.45) is 11.8 Å². The third-order valence-electron chi connectivity index (χ3n) is 4.87. The first-order valence-corrected chi connectivity index (χ1v) is 9.64. The zero-order valence-electron chi connectivity index (χ0n) is 15.9. The van der Waals surface area contributed by atoms with E-state index in [4.69, 9.17) is 4.74 Å². The van der Waals surface area contributed by atoms with Crippen LogP contribution in [0.25, 0.3) is 0 Å². The minimum Gasteiger partial charge on any atom is -0.477 e. The molecular weight excluding hydrogens is 330 g/mol. The third-order valence-corrected chi connectivity index (χ3v) is 4.87. The van der Waals surface area contributed by atoms with Gasteiger partial charge in [-0.1, -0.05) is 19.9 Å². The molecule has 2 amide bonds. The summed E-state index contributed by atoms with van der Waals surface area (Å²) in [5, 5.41) is 5.43. The first kappa shape index (κ1) is 18.7. The molecule has 0 unspecified atom stereocenters. The predicted molar refractivity (Wildman–Crippen MR) is 99.2 cm³/mol. The summed E-state index contributed by atoms with van der Waals surface area (Å²) < 4.78 is 5.92. The number of carbonyl (C=O) groups is 2. The summed E-state index contributed by atoms with van der Waals surface area (Å²) in [6, 6.07) is 3.14. The van der Waals surface area contributed by atoms with E-state index < -0.39 is 6.04 Å². The molecule has 1 atom stereocenters. The van der Waals surface area contributed by atoms with Crippen LogP contribution in [-0.2, 0) is 4.79 Å². The Hall–Kier alpha value is -2.11. The van der Waals surface area contributed by atoms with Crippen LogP contribution in [0.4, 0.5) is 0 Å². The number of hydrogen-bond acceptors (Lipinski definition) is 4. The van der Waals surface area contributed by atoms with Gasteiger partial charge in [0.05, 0.1) is 6.61 Å². The van der Waals surface area contributed by atoms with Crippen LogP contribution in [0.1, 0.15) is 67.9 Å². The predicted octanol–water partition coefficient (Wildman–Crippen LogP) is 2.64. The summed E-state index contributed by atoms with van der Waals surface area (Å²) in [5.41, 5.74) is 1.41. The molecule has 0 radical (unpaired) electrons. The Labute approximate surface area is 155 Å². The van der Waals surface area contributed by atoms with Crippen molar-refractivity contribution in [3.8, 4) is 5.88 Å². The Balaban J connectivity index is 1.72. The maximum absolute atomic E-state index is 12.6. The number of aromatic nitrogens is 1. The van der Waals surface area contributed by atoms with Crippen molar-refractivity contribution in [3.63, 3.8) is 0 Å². The molecule has 0 saturated heterocycles. The molecule has 2 N–H and O–H groups in total. The maximum atomic E-state index is 12.6. The monoisotopic (exact) mass is 359 g/mol. The van der Waals surface area contributed by atoms with Crippen LogP contribution in [0.15, 0.2) is 12.1 Å². The zero-order chi connectivity index (χ0) is 18.7. The molecule has 0 spiro atoms. The summed E-state index contributed by atoms with van der Waals surface area (Å²) in [5.74, 6) is 1.50. The van der Waals surface area contributed by atoms with Crippen molar-refractivity contribution in [1.82, 2.24) is 15.6 Å². The van der Waals surface area contributed by atoms with Gasteiger partial charge in [-0.2, -0.15) is 0 Å². The highest BCUT2D eigenvalue weighted by atomic mass is 16.5. The largest absolute Gasteiger partial charge is 0.477 e. The molecule has 0 bridgehead atoms. The quantitative estimate of drug-likeness (QED) is 0.710. The van der Waals surface area contributed by atoms with Gasteiger partial charge in [0, 0.05) is 12.6 Å². The molecule has 1 aromatic rings. The first-order valence-electron chi connectivity index (χ1n) is 9.64.